The maximum absolute atomic E-state index is 15.2. The lowest BCUT2D eigenvalue weighted by molar-refractivity contribution is -0.120. The largest absolute Gasteiger partial charge is 0.457 e. The average Bonchev–Trinajstić information content (AvgIpc) is 3.48. The fraction of sp³-hybridized carbons (Fsp3) is 0.353. The highest BCUT2D eigenvalue weighted by atomic mass is 31.1. The Morgan fingerprint density at radius 2 is 1.66 bits per heavy atom. The van der Waals surface area contributed by atoms with E-state index in [0.717, 1.165) is 6.07 Å². The second-order valence-corrected chi connectivity index (χ2v) is 14.2. The van der Waals surface area contributed by atoms with E-state index in [1.54, 1.807) is 45.0 Å². The summed E-state index contributed by atoms with van der Waals surface area (Å²) >= 11 is 0. The van der Waals surface area contributed by atoms with Crippen LogP contribution in [0.15, 0.2) is 71.1 Å². The number of hydrogen-bond acceptors (Lipinski definition) is 7. The van der Waals surface area contributed by atoms with Gasteiger partial charge in [-0.05, 0) is 83.2 Å². The van der Waals surface area contributed by atoms with Gasteiger partial charge in [-0.1, -0.05) is 30.3 Å². The van der Waals surface area contributed by atoms with Crippen LogP contribution in [0.3, 0.4) is 0 Å². The van der Waals surface area contributed by atoms with Gasteiger partial charge in [0.05, 0.1) is 23.0 Å². The number of fused-ring (bicyclic) bond motifs is 1. The highest BCUT2D eigenvalue weighted by molar-refractivity contribution is 7.38. The first kappa shape index (κ1) is 35.4. The molecule has 4 aromatic rings. The Hall–Kier alpha value is -4.44. The number of hydrogen-bond donors (Lipinski definition) is 1. The van der Waals surface area contributed by atoms with E-state index in [1.165, 1.54) is 11.0 Å². The summed E-state index contributed by atoms with van der Waals surface area (Å²) in [5.74, 6) is -3.34. The number of benzene rings is 3. The molecule has 3 aromatic carbocycles. The maximum Gasteiger partial charge on any atom is 0.405 e. The van der Waals surface area contributed by atoms with Crippen molar-refractivity contribution >= 4 is 26.3 Å². The Labute approximate surface area is 273 Å². The van der Waals surface area contributed by atoms with E-state index in [-0.39, 0.29) is 30.1 Å². The number of amides is 2. The summed E-state index contributed by atoms with van der Waals surface area (Å²) in [5, 5.41) is 7.63. The van der Waals surface area contributed by atoms with Gasteiger partial charge in [0, 0.05) is 18.4 Å². The second-order valence-electron chi connectivity index (χ2n) is 12.4. The van der Waals surface area contributed by atoms with Crippen molar-refractivity contribution in [3.05, 3.63) is 89.6 Å². The van der Waals surface area contributed by atoms with Gasteiger partial charge in [0.2, 0.25) is 11.8 Å². The Kier molecular flexibility index (Phi) is 10.6. The number of nitrogens with zero attached hydrogens (tertiary/aromatic N) is 3. The van der Waals surface area contributed by atoms with Crippen LogP contribution in [-0.2, 0) is 27.2 Å². The summed E-state index contributed by atoms with van der Waals surface area (Å²) in [6, 6.07) is 18.3. The van der Waals surface area contributed by atoms with Crippen molar-refractivity contribution in [3.8, 4) is 23.0 Å². The molecule has 0 bridgehead atoms. The van der Waals surface area contributed by atoms with Crippen LogP contribution < -0.4 is 15.4 Å². The summed E-state index contributed by atoms with van der Waals surface area (Å²) < 4.78 is 61.6. The Morgan fingerprint density at radius 1 is 1.02 bits per heavy atom. The van der Waals surface area contributed by atoms with Crippen molar-refractivity contribution in [1.82, 2.24) is 10.2 Å². The smallest absolute Gasteiger partial charge is 0.405 e. The van der Waals surface area contributed by atoms with E-state index in [1.807, 2.05) is 50.8 Å². The van der Waals surface area contributed by atoms with Crippen LogP contribution in [0.2, 0.25) is 0 Å². The molecule has 0 saturated heterocycles. The standard InChI is InChI=1S/C29H27F3N3O3P.C5H11NO2/c1-28(2,39-3)27-34-33-26(38-27)21-15-24-22(16-23(21)30)29(31,32)14-13-25(36)35(24)17-18-9-11-20(12-10-18)37-19-7-5-4-6-8-19;1-5(2,3)8-4(6)7/h4-12,15-16,39H,13-14,17H2,1-3H3;1-3H3,(H2,6,7). The van der Waals surface area contributed by atoms with Crippen molar-refractivity contribution in [3.63, 3.8) is 0 Å². The molecule has 250 valence electrons. The zero-order chi connectivity index (χ0) is 34.6. The van der Waals surface area contributed by atoms with Crippen molar-refractivity contribution in [2.45, 2.75) is 70.7 Å². The lowest BCUT2D eigenvalue weighted by Gasteiger charge is -2.25. The summed E-state index contributed by atoms with van der Waals surface area (Å²) in [5.41, 5.74) is 4.19. The molecule has 1 aliphatic heterocycles. The van der Waals surface area contributed by atoms with Gasteiger partial charge in [-0.25, -0.2) is 18.0 Å². The monoisotopic (exact) mass is 670 g/mol. The number of aromatic nitrogens is 2. The number of primary amides is 1. The van der Waals surface area contributed by atoms with E-state index in [2.05, 4.69) is 14.9 Å². The molecule has 2 N–H and O–H groups in total. The van der Waals surface area contributed by atoms with Gasteiger partial charge in [0.15, 0.2) is 0 Å². The minimum absolute atomic E-state index is 0.0116. The molecule has 0 fully saturated rings. The molecule has 1 aliphatic rings. The van der Waals surface area contributed by atoms with E-state index in [4.69, 9.17) is 14.9 Å². The summed E-state index contributed by atoms with van der Waals surface area (Å²) in [4.78, 5) is 24.4. The molecular formula is C34H38F3N4O5P. The van der Waals surface area contributed by atoms with E-state index >= 15 is 13.2 Å². The number of nitrogens with two attached hydrogens (primary N) is 1. The highest BCUT2D eigenvalue weighted by Gasteiger charge is 2.41. The molecule has 9 nitrogen and oxygen atoms in total. The number of alkyl halides is 2. The van der Waals surface area contributed by atoms with Crippen LogP contribution >= 0.6 is 8.58 Å². The first-order chi connectivity index (χ1) is 22.0. The SMILES string of the molecule is CC(C)(C)OC(N)=O.CPC(C)(C)c1nnc(-c2cc3c(cc2F)C(F)(F)CCC(=O)N3Cc2ccc(Oc3ccccc3)cc2)o1. The molecule has 0 aliphatic carbocycles. The predicted octanol–water partition coefficient (Wildman–Crippen LogP) is 8.51. The molecule has 13 heteroatoms. The van der Waals surface area contributed by atoms with Gasteiger partial charge in [-0.3, -0.25) is 4.79 Å². The maximum atomic E-state index is 15.2. The molecule has 0 radical (unpaired) electrons. The molecule has 0 saturated carbocycles. The third-order valence-corrected chi connectivity index (χ3v) is 8.65. The van der Waals surface area contributed by atoms with Gasteiger partial charge in [-0.2, -0.15) is 0 Å². The summed E-state index contributed by atoms with van der Waals surface area (Å²) in [7, 11) is 0.442. The minimum Gasteiger partial charge on any atom is -0.457 e. The van der Waals surface area contributed by atoms with Gasteiger partial charge in [0.25, 0.3) is 11.8 Å². The highest BCUT2D eigenvalue weighted by Crippen LogP contribution is 2.45. The molecule has 2 heterocycles. The van der Waals surface area contributed by atoms with Crippen LogP contribution in [0, 0.1) is 5.82 Å². The molecule has 1 atom stereocenters. The normalized spacial score (nSPS) is 14.7. The molecule has 47 heavy (non-hydrogen) atoms. The molecule has 2 amide bonds. The second kappa shape index (κ2) is 14.1. The topological polar surface area (TPSA) is 121 Å². The lowest BCUT2D eigenvalue weighted by atomic mass is 10.0. The average molecular weight is 671 g/mol. The number of ether oxygens (including phenoxy) is 2. The zero-order valence-electron chi connectivity index (χ0n) is 27.1. The van der Waals surface area contributed by atoms with Gasteiger partial charge < -0.3 is 24.5 Å². The zero-order valence-corrected chi connectivity index (χ0v) is 28.1. The first-order valence-electron chi connectivity index (χ1n) is 14.8. The molecular weight excluding hydrogens is 632 g/mol. The van der Waals surface area contributed by atoms with Crippen molar-refractivity contribution in [2.75, 3.05) is 11.6 Å². The van der Waals surface area contributed by atoms with Crippen LogP contribution in [0.4, 0.5) is 23.7 Å². The van der Waals surface area contributed by atoms with Gasteiger partial charge >= 0.3 is 6.09 Å². The number of anilines is 1. The Balaban J connectivity index is 0.000000555. The van der Waals surface area contributed by atoms with Crippen LogP contribution in [-0.4, -0.2) is 34.5 Å². The van der Waals surface area contributed by atoms with Crippen molar-refractivity contribution < 1.29 is 36.7 Å². The number of carbonyl (C=O) groups is 2. The van der Waals surface area contributed by atoms with E-state index < -0.39 is 46.5 Å². The minimum atomic E-state index is -3.39. The van der Waals surface area contributed by atoms with Gasteiger partial charge in [0.1, 0.15) is 22.9 Å². The molecule has 1 aromatic heterocycles. The fourth-order valence-corrected chi connectivity index (χ4v) is 4.86. The molecule has 0 spiro atoms. The molecule has 5 rings (SSSR count). The summed E-state index contributed by atoms with van der Waals surface area (Å²) in [6.45, 7) is 11.1. The third-order valence-electron chi connectivity index (χ3n) is 7.19. The Bertz CT molecular complexity index is 1710. The number of para-hydroxylation sites is 1. The third kappa shape index (κ3) is 9.10. The van der Waals surface area contributed by atoms with E-state index in [0.29, 0.717) is 31.5 Å². The quantitative estimate of drug-likeness (QED) is 0.196. The Morgan fingerprint density at radius 3 is 2.23 bits per heavy atom. The number of halogens is 3. The predicted molar refractivity (Wildman–Crippen MR) is 175 cm³/mol. The molecule has 1 unspecified atom stereocenters. The lowest BCUT2D eigenvalue weighted by Crippen LogP contribution is -2.29. The van der Waals surface area contributed by atoms with Gasteiger partial charge in [-0.15, -0.1) is 18.8 Å². The van der Waals surface area contributed by atoms with Crippen LogP contribution in [0.1, 0.15) is 64.5 Å². The van der Waals surface area contributed by atoms with Crippen molar-refractivity contribution in [1.29, 1.82) is 0 Å². The first-order valence-corrected chi connectivity index (χ1v) is 16.3. The summed E-state index contributed by atoms with van der Waals surface area (Å²) in [6.07, 6.45) is -1.82. The van der Waals surface area contributed by atoms with Crippen LogP contribution in [0.25, 0.3) is 11.5 Å². The van der Waals surface area contributed by atoms with Crippen LogP contribution in [0.5, 0.6) is 11.5 Å². The van der Waals surface area contributed by atoms with Crippen molar-refractivity contribution in [2.24, 2.45) is 5.73 Å². The van der Waals surface area contributed by atoms with E-state index in [9.17, 15) is 9.59 Å². The number of rotatable bonds is 7. The number of carbonyl (C=O) groups excluding carboxylic acids is 2. The fourth-order valence-electron chi connectivity index (χ4n) is 4.55.